The summed E-state index contributed by atoms with van der Waals surface area (Å²) in [6.45, 7) is 0. The van der Waals surface area contributed by atoms with Gasteiger partial charge in [-0.05, 0) is 24.3 Å². The molecule has 0 aliphatic carbocycles. The van der Waals surface area contributed by atoms with Crippen molar-refractivity contribution in [1.29, 1.82) is 0 Å². The molecule has 0 aromatic heterocycles. The number of nitrogens with zero attached hydrogens (tertiary/aromatic N) is 1. The van der Waals surface area contributed by atoms with Crippen LogP contribution in [0.25, 0.3) is 0 Å². The minimum absolute atomic E-state index is 0.174. The molecule has 0 spiro atoms. The van der Waals surface area contributed by atoms with Gasteiger partial charge in [-0.3, -0.25) is 4.79 Å². The van der Waals surface area contributed by atoms with E-state index in [9.17, 15) is 18.0 Å². The second-order valence-electron chi connectivity index (χ2n) is 3.50. The Bertz CT molecular complexity index is 454. The van der Waals surface area contributed by atoms with Crippen LogP contribution in [0.5, 0.6) is 0 Å². The van der Waals surface area contributed by atoms with E-state index in [-0.39, 0.29) is 5.56 Å². The Morgan fingerprint density at radius 2 is 1.83 bits per heavy atom. The van der Waals surface area contributed by atoms with E-state index in [0.717, 1.165) is 4.47 Å². The van der Waals surface area contributed by atoms with Crippen molar-refractivity contribution in [1.82, 2.24) is 0 Å². The van der Waals surface area contributed by atoms with Crippen LogP contribution in [0.15, 0.2) is 33.9 Å². The van der Waals surface area contributed by atoms with Gasteiger partial charge in [0, 0.05) is 22.9 Å². The van der Waals surface area contributed by atoms with Crippen molar-refractivity contribution < 1.29 is 23.2 Å². The van der Waals surface area contributed by atoms with E-state index in [1.54, 1.807) is 12.1 Å². The maximum absolute atomic E-state index is 12.0. The van der Waals surface area contributed by atoms with E-state index in [0.29, 0.717) is 0 Å². The molecule has 7 heteroatoms. The van der Waals surface area contributed by atoms with E-state index in [1.807, 2.05) is 0 Å². The van der Waals surface area contributed by atoms with E-state index < -0.39 is 30.5 Å². The largest absolute Gasteiger partial charge is 0.411 e. The first kappa shape index (κ1) is 14.7. The quantitative estimate of drug-likeness (QED) is 0.396. The number of halogens is 4. The normalized spacial score (nSPS) is 12.6. The molecule has 1 aromatic carbocycles. The van der Waals surface area contributed by atoms with Gasteiger partial charge in [0.25, 0.3) is 0 Å². The van der Waals surface area contributed by atoms with Crippen molar-refractivity contribution in [3.63, 3.8) is 0 Å². The van der Waals surface area contributed by atoms with Gasteiger partial charge in [0.05, 0.1) is 0 Å². The Hall–Kier alpha value is -1.37. The molecule has 1 aromatic rings. The van der Waals surface area contributed by atoms with E-state index >= 15 is 0 Å². The van der Waals surface area contributed by atoms with Gasteiger partial charge in [0.2, 0.25) is 5.78 Å². The second kappa shape index (κ2) is 5.99. The molecule has 0 aliphatic heterocycles. The number of ketones is 1. The highest BCUT2D eigenvalue weighted by atomic mass is 79.9. The molecule has 1 N–H and O–H groups in total. The van der Waals surface area contributed by atoms with Crippen LogP contribution in [-0.4, -0.2) is 22.9 Å². The van der Waals surface area contributed by atoms with Gasteiger partial charge in [-0.1, -0.05) is 21.1 Å². The molecule has 0 saturated heterocycles. The van der Waals surface area contributed by atoms with Crippen LogP contribution >= 0.6 is 15.9 Å². The number of carbonyl (C=O) groups is 1. The summed E-state index contributed by atoms with van der Waals surface area (Å²) < 4.78 is 36.8. The number of carbonyl (C=O) groups excluding carboxylic acids is 1. The first-order chi connectivity index (χ1) is 8.33. The lowest BCUT2D eigenvalue weighted by Gasteiger charge is -2.07. The van der Waals surface area contributed by atoms with Crippen molar-refractivity contribution in [2.24, 2.45) is 5.16 Å². The number of benzene rings is 1. The molecule has 18 heavy (non-hydrogen) atoms. The van der Waals surface area contributed by atoms with Crippen LogP contribution in [0, 0.1) is 0 Å². The fourth-order valence-electron chi connectivity index (χ4n) is 1.24. The molecular weight excluding hydrogens is 315 g/mol. The van der Waals surface area contributed by atoms with Crippen molar-refractivity contribution in [2.75, 3.05) is 0 Å². The van der Waals surface area contributed by atoms with Crippen LogP contribution in [0.4, 0.5) is 13.2 Å². The summed E-state index contributed by atoms with van der Waals surface area (Å²) in [5, 5.41) is 11.2. The van der Waals surface area contributed by atoms with Crippen LogP contribution in [-0.2, 0) is 0 Å². The topological polar surface area (TPSA) is 49.7 Å². The number of oxime groups is 1. The Labute approximate surface area is 109 Å². The lowest BCUT2D eigenvalue weighted by Crippen LogP contribution is -2.18. The number of hydrogen-bond donors (Lipinski definition) is 1. The summed E-state index contributed by atoms with van der Waals surface area (Å²) in [6, 6.07) is 6.02. The monoisotopic (exact) mass is 323 g/mol. The molecule has 0 aliphatic rings. The fourth-order valence-corrected chi connectivity index (χ4v) is 1.50. The maximum Gasteiger partial charge on any atom is 0.389 e. The first-order valence-corrected chi connectivity index (χ1v) is 5.71. The SMILES string of the molecule is O=C(/C(CCC(F)(F)F)=N/O)c1ccc(Br)cc1. The zero-order valence-electron chi connectivity index (χ0n) is 9.04. The van der Waals surface area contributed by atoms with Crippen molar-refractivity contribution >= 4 is 27.4 Å². The van der Waals surface area contributed by atoms with Gasteiger partial charge >= 0.3 is 6.18 Å². The lowest BCUT2D eigenvalue weighted by molar-refractivity contribution is -0.132. The Morgan fingerprint density at radius 1 is 1.28 bits per heavy atom. The molecule has 0 bridgehead atoms. The molecule has 0 atom stereocenters. The molecule has 0 saturated carbocycles. The molecule has 3 nitrogen and oxygen atoms in total. The molecule has 0 fully saturated rings. The average molecular weight is 324 g/mol. The predicted octanol–water partition coefficient (Wildman–Crippen LogP) is 3.80. The molecule has 0 radical (unpaired) electrons. The number of hydrogen-bond acceptors (Lipinski definition) is 3. The highest BCUT2D eigenvalue weighted by Crippen LogP contribution is 2.22. The third-order valence-corrected chi connectivity index (χ3v) is 2.66. The van der Waals surface area contributed by atoms with Gasteiger partial charge in [-0.15, -0.1) is 0 Å². The summed E-state index contributed by atoms with van der Waals surface area (Å²) in [4.78, 5) is 11.7. The molecule has 98 valence electrons. The summed E-state index contributed by atoms with van der Waals surface area (Å²) in [5.41, 5.74) is -0.331. The van der Waals surface area contributed by atoms with E-state index in [1.165, 1.54) is 12.1 Å². The van der Waals surface area contributed by atoms with Crippen molar-refractivity contribution in [3.05, 3.63) is 34.3 Å². The Morgan fingerprint density at radius 3 is 2.28 bits per heavy atom. The Balaban J connectivity index is 2.78. The third kappa shape index (κ3) is 4.48. The smallest absolute Gasteiger partial charge is 0.389 e. The third-order valence-electron chi connectivity index (χ3n) is 2.13. The minimum atomic E-state index is -4.39. The maximum atomic E-state index is 12.0. The molecule has 0 heterocycles. The van der Waals surface area contributed by atoms with Crippen LogP contribution in [0.2, 0.25) is 0 Å². The average Bonchev–Trinajstić information content (AvgIpc) is 2.29. The van der Waals surface area contributed by atoms with E-state index in [4.69, 9.17) is 5.21 Å². The summed E-state index contributed by atoms with van der Waals surface area (Å²) in [6.07, 6.45) is -6.24. The highest BCUT2D eigenvalue weighted by Gasteiger charge is 2.29. The predicted molar refractivity (Wildman–Crippen MR) is 63.0 cm³/mol. The zero-order valence-corrected chi connectivity index (χ0v) is 10.6. The van der Waals surface area contributed by atoms with Crippen LogP contribution in [0.3, 0.4) is 0 Å². The molecule has 0 unspecified atom stereocenters. The van der Waals surface area contributed by atoms with Gasteiger partial charge in [-0.25, -0.2) is 0 Å². The first-order valence-electron chi connectivity index (χ1n) is 4.91. The van der Waals surface area contributed by atoms with Gasteiger partial charge in [0.15, 0.2) is 0 Å². The Kier molecular flexibility index (Phi) is 4.89. The van der Waals surface area contributed by atoms with Gasteiger partial charge < -0.3 is 5.21 Å². The molecule has 0 amide bonds. The van der Waals surface area contributed by atoms with Crippen LogP contribution < -0.4 is 0 Å². The highest BCUT2D eigenvalue weighted by molar-refractivity contribution is 9.10. The van der Waals surface area contributed by atoms with Crippen molar-refractivity contribution in [3.8, 4) is 0 Å². The number of Topliss-reactive ketones (excluding diaryl/α,β-unsaturated/α-hetero) is 1. The van der Waals surface area contributed by atoms with Gasteiger partial charge in [0.1, 0.15) is 5.71 Å². The number of rotatable bonds is 4. The molecule has 1 rings (SSSR count). The van der Waals surface area contributed by atoms with E-state index in [2.05, 4.69) is 21.1 Å². The zero-order chi connectivity index (χ0) is 13.8. The van der Waals surface area contributed by atoms with Gasteiger partial charge in [-0.2, -0.15) is 13.2 Å². The standard InChI is InChI=1S/C11H9BrF3NO2/c12-8-3-1-7(2-4-8)10(17)9(16-18)5-6-11(13,14)15/h1-4,18H,5-6H2/b16-9+. The summed E-state index contributed by atoms with van der Waals surface area (Å²) in [5.74, 6) is -0.714. The van der Waals surface area contributed by atoms with Crippen molar-refractivity contribution in [2.45, 2.75) is 19.0 Å². The fraction of sp³-hybridized carbons (Fsp3) is 0.273. The number of alkyl halides is 3. The second-order valence-corrected chi connectivity index (χ2v) is 4.41. The lowest BCUT2D eigenvalue weighted by atomic mass is 10.0. The minimum Gasteiger partial charge on any atom is -0.411 e. The summed E-state index contributed by atoms with van der Waals surface area (Å²) >= 11 is 3.17. The van der Waals surface area contributed by atoms with Crippen LogP contribution in [0.1, 0.15) is 23.2 Å². The summed E-state index contributed by atoms with van der Waals surface area (Å²) in [7, 11) is 0. The molecular formula is C11H9BrF3NO2.